The predicted molar refractivity (Wildman–Crippen MR) is 78.0 cm³/mol. The molecule has 1 aromatic rings. The molecule has 104 valence electrons. The van der Waals surface area contributed by atoms with E-state index in [1.165, 1.54) is 24.9 Å². The van der Waals surface area contributed by atoms with Crippen LogP contribution in [0.2, 0.25) is 0 Å². The number of carbonyl (C=O) groups is 1. The summed E-state index contributed by atoms with van der Waals surface area (Å²) >= 11 is 0. The Morgan fingerprint density at radius 2 is 2.11 bits per heavy atom. The average Bonchev–Trinajstić information content (AvgIpc) is 3.13. The van der Waals surface area contributed by atoms with Gasteiger partial charge in [0.25, 0.3) is 0 Å². The maximum atomic E-state index is 11.1. The lowest BCUT2D eigenvalue weighted by atomic mass is 10.1. The maximum Gasteiger partial charge on any atom is 0.335 e. The third-order valence-corrected chi connectivity index (χ3v) is 3.71. The zero-order chi connectivity index (χ0) is 14.0. The summed E-state index contributed by atoms with van der Waals surface area (Å²) in [5.74, 6) is -0.148. The van der Waals surface area contributed by atoms with Crippen LogP contribution in [0.4, 0.5) is 5.69 Å². The lowest BCUT2D eigenvalue weighted by molar-refractivity contribution is 0.0696. The Bertz CT molecular complexity index is 464. The molecular formula is C16H23NO2. The van der Waals surface area contributed by atoms with Crippen LogP contribution in [0.25, 0.3) is 0 Å². The molecule has 0 aromatic heterocycles. The van der Waals surface area contributed by atoms with Gasteiger partial charge in [-0.15, -0.1) is 0 Å². The fraction of sp³-hybridized carbons (Fsp3) is 0.562. The summed E-state index contributed by atoms with van der Waals surface area (Å²) in [6, 6.07) is 6.36. The molecule has 0 radical (unpaired) electrons. The van der Waals surface area contributed by atoms with Gasteiger partial charge in [-0.05, 0) is 55.9 Å². The zero-order valence-corrected chi connectivity index (χ0v) is 12.0. The highest BCUT2D eigenvalue weighted by atomic mass is 16.4. The second-order valence-electron chi connectivity index (χ2n) is 5.91. The van der Waals surface area contributed by atoms with E-state index in [0.29, 0.717) is 17.5 Å². The van der Waals surface area contributed by atoms with Gasteiger partial charge >= 0.3 is 5.97 Å². The molecule has 3 nitrogen and oxygen atoms in total. The summed E-state index contributed by atoms with van der Waals surface area (Å²) in [5.41, 5.74) is 2.43. The number of benzene rings is 1. The van der Waals surface area contributed by atoms with E-state index in [2.05, 4.69) is 18.7 Å². The van der Waals surface area contributed by atoms with Gasteiger partial charge in [-0.3, -0.25) is 0 Å². The van der Waals surface area contributed by atoms with Crippen molar-refractivity contribution in [1.82, 2.24) is 0 Å². The lowest BCUT2D eigenvalue weighted by Crippen LogP contribution is -2.27. The molecule has 0 aliphatic heterocycles. The molecule has 1 saturated carbocycles. The summed E-state index contributed by atoms with van der Waals surface area (Å²) in [7, 11) is 0. The molecule has 0 atom stereocenters. The number of carboxylic acids is 1. The highest BCUT2D eigenvalue weighted by Gasteiger charge is 2.29. The van der Waals surface area contributed by atoms with Crippen LogP contribution in [0.15, 0.2) is 18.2 Å². The second-order valence-corrected chi connectivity index (χ2v) is 5.91. The van der Waals surface area contributed by atoms with E-state index in [4.69, 9.17) is 5.11 Å². The van der Waals surface area contributed by atoms with Crippen molar-refractivity contribution in [3.63, 3.8) is 0 Å². The summed E-state index contributed by atoms with van der Waals surface area (Å²) in [5, 5.41) is 9.08. The van der Waals surface area contributed by atoms with Gasteiger partial charge in [0.05, 0.1) is 5.56 Å². The van der Waals surface area contributed by atoms with Gasteiger partial charge in [0.2, 0.25) is 0 Å². The summed E-state index contributed by atoms with van der Waals surface area (Å²) in [6.07, 6.45) is 3.70. The Morgan fingerprint density at radius 3 is 2.58 bits per heavy atom. The molecule has 0 bridgehead atoms. The average molecular weight is 261 g/mol. The van der Waals surface area contributed by atoms with Crippen LogP contribution in [0.1, 0.15) is 49.0 Å². The predicted octanol–water partition coefficient (Wildman–Crippen LogP) is 3.71. The molecule has 19 heavy (non-hydrogen) atoms. The maximum absolute atomic E-state index is 11.1. The van der Waals surface area contributed by atoms with Crippen LogP contribution in [0.3, 0.4) is 0 Å². The third kappa shape index (κ3) is 3.49. The van der Waals surface area contributed by atoms with Gasteiger partial charge in [-0.1, -0.05) is 13.8 Å². The number of nitrogens with zero attached hydrogens (tertiary/aromatic N) is 1. The summed E-state index contributed by atoms with van der Waals surface area (Å²) in [6.45, 7) is 7.42. The van der Waals surface area contributed by atoms with Crippen LogP contribution in [0.5, 0.6) is 0 Å². The molecule has 1 N–H and O–H groups in total. The molecule has 2 rings (SSSR count). The summed E-state index contributed by atoms with van der Waals surface area (Å²) < 4.78 is 0. The first-order valence-corrected chi connectivity index (χ1v) is 7.09. The molecule has 0 amide bonds. The van der Waals surface area contributed by atoms with Gasteiger partial charge in [-0.2, -0.15) is 0 Å². The van der Waals surface area contributed by atoms with E-state index in [9.17, 15) is 4.79 Å². The van der Waals surface area contributed by atoms with Crippen LogP contribution in [0, 0.1) is 12.8 Å². The molecule has 1 aromatic carbocycles. The van der Waals surface area contributed by atoms with Crippen LogP contribution >= 0.6 is 0 Å². The Labute approximate surface area is 115 Å². The third-order valence-electron chi connectivity index (χ3n) is 3.71. The number of aromatic carboxylic acids is 1. The molecule has 1 aliphatic carbocycles. The topological polar surface area (TPSA) is 40.5 Å². The van der Waals surface area contributed by atoms with Gasteiger partial charge in [0, 0.05) is 18.3 Å². The Kier molecular flexibility index (Phi) is 4.13. The number of aryl methyl sites for hydroxylation is 1. The normalized spacial score (nSPS) is 14.7. The van der Waals surface area contributed by atoms with E-state index in [1.807, 2.05) is 19.1 Å². The quantitative estimate of drug-likeness (QED) is 0.848. The number of hydrogen-bond donors (Lipinski definition) is 1. The van der Waals surface area contributed by atoms with Crippen molar-refractivity contribution in [1.29, 1.82) is 0 Å². The lowest BCUT2D eigenvalue weighted by Gasteiger charge is -2.26. The summed E-state index contributed by atoms with van der Waals surface area (Å²) in [4.78, 5) is 13.5. The van der Waals surface area contributed by atoms with Crippen molar-refractivity contribution in [3.05, 3.63) is 29.3 Å². The smallest absolute Gasteiger partial charge is 0.335 e. The van der Waals surface area contributed by atoms with Crippen LogP contribution in [-0.4, -0.2) is 23.7 Å². The highest BCUT2D eigenvalue weighted by Crippen LogP contribution is 2.33. The molecule has 0 saturated heterocycles. The molecule has 3 heteroatoms. The molecule has 1 aliphatic rings. The van der Waals surface area contributed by atoms with E-state index in [1.54, 1.807) is 6.07 Å². The highest BCUT2D eigenvalue weighted by molar-refractivity contribution is 5.89. The van der Waals surface area contributed by atoms with Crippen molar-refractivity contribution >= 4 is 11.7 Å². The van der Waals surface area contributed by atoms with Crippen molar-refractivity contribution < 1.29 is 9.90 Å². The van der Waals surface area contributed by atoms with Crippen molar-refractivity contribution in [2.24, 2.45) is 5.92 Å². The largest absolute Gasteiger partial charge is 0.478 e. The monoisotopic (exact) mass is 261 g/mol. The molecule has 0 unspecified atom stereocenters. The van der Waals surface area contributed by atoms with Crippen LogP contribution < -0.4 is 4.90 Å². The fourth-order valence-electron chi connectivity index (χ4n) is 2.37. The minimum Gasteiger partial charge on any atom is -0.478 e. The van der Waals surface area contributed by atoms with Gasteiger partial charge in [0.1, 0.15) is 0 Å². The zero-order valence-electron chi connectivity index (χ0n) is 12.0. The fourth-order valence-corrected chi connectivity index (χ4v) is 2.37. The van der Waals surface area contributed by atoms with Crippen molar-refractivity contribution in [2.45, 2.75) is 46.1 Å². The number of rotatable bonds is 6. The number of anilines is 1. The van der Waals surface area contributed by atoms with E-state index < -0.39 is 5.97 Å². The van der Waals surface area contributed by atoms with Crippen molar-refractivity contribution in [3.8, 4) is 0 Å². The van der Waals surface area contributed by atoms with E-state index in [0.717, 1.165) is 12.1 Å². The first-order valence-electron chi connectivity index (χ1n) is 7.09. The van der Waals surface area contributed by atoms with Gasteiger partial charge < -0.3 is 10.0 Å². The first kappa shape index (κ1) is 13.9. The van der Waals surface area contributed by atoms with Gasteiger partial charge in [-0.25, -0.2) is 4.79 Å². The standard InChI is InChI=1S/C16H23NO2/c1-11(2)8-9-17(13-4-5-13)14-6-7-15(16(18)19)12(3)10-14/h6-7,10-11,13H,4-5,8-9H2,1-3H3,(H,18,19). The number of hydrogen-bond acceptors (Lipinski definition) is 2. The second kappa shape index (κ2) is 5.64. The van der Waals surface area contributed by atoms with E-state index in [-0.39, 0.29) is 0 Å². The minimum atomic E-state index is -0.843. The Hall–Kier alpha value is -1.51. The van der Waals surface area contributed by atoms with E-state index >= 15 is 0 Å². The molecule has 0 spiro atoms. The minimum absolute atomic E-state index is 0.406. The number of carboxylic acid groups (broad SMARTS) is 1. The molecule has 1 fully saturated rings. The van der Waals surface area contributed by atoms with Gasteiger partial charge in [0.15, 0.2) is 0 Å². The SMILES string of the molecule is Cc1cc(N(CCC(C)C)C2CC2)ccc1C(=O)O. The van der Waals surface area contributed by atoms with Crippen molar-refractivity contribution in [2.75, 3.05) is 11.4 Å². The molecule has 0 heterocycles. The van der Waals surface area contributed by atoms with Crippen LogP contribution in [-0.2, 0) is 0 Å². The Balaban J connectivity index is 2.17. The Morgan fingerprint density at radius 1 is 1.42 bits per heavy atom. The molecular weight excluding hydrogens is 238 g/mol. The first-order chi connectivity index (χ1) is 8.99.